The van der Waals surface area contributed by atoms with E-state index in [1.807, 2.05) is 24.3 Å². The van der Waals surface area contributed by atoms with Crippen molar-refractivity contribution in [3.8, 4) is 11.8 Å². The zero-order valence-electron chi connectivity index (χ0n) is 14.2. The minimum Gasteiger partial charge on any atom is -0.496 e. The second kappa shape index (κ2) is 8.99. The summed E-state index contributed by atoms with van der Waals surface area (Å²) in [5, 5.41) is 11.2. The third-order valence-electron chi connectivity index (χ3n) is 3.57. The molecule has 0 heterocycles. The number of rotatable bonds is 8. The van der Waals surface area contributed by atoms with Crippen LogP contribution < -0.4 is 14.8 Å². The van der Waals surface area contributed by atoms with E-state index >= 15 is 0 Å². The van der Waals surface area contributed by atoms with Crippen LogP contribution in [0.15, 0.2) is 53.4 Å². The van der Waals surface area contributed by atoms with Crippen LogP contribution in [-0.4, -0.2) is 28.0 Å². The number of hydrogen-bond acceptors (Lipinski definition) is 5. The molecule has 0 unspecified atom stereocenters. The van der Waals surface area contributed by atoms with Crippen molar-refractivity contribution in [2.75, 3.05) is 13.7 Å². The van der Waals surface area contributed by atoms with Crippen LogP contribution in [0.4, 0.5) is 0 Å². The zero-order valence-corrected chi connectivity index (χ0v) is 15.0. The standard InChI is InChI=1S/C18H19N3O4S/c1-25-17-9-3-2-6-15(17)13-20-18(22)14-7-4-8-16(12-14)26(23,24)21-11-5-10-19/h2-4,6-9,12,21H,5,11,13H2,1H3,(H,20,22). The Hall–Kier alpha value is -2.89. The Labute approximate surface area is 152 Å². The van der Waals surface area contributed by atoms with E-state index < -0.39 is 15.9 Å². The first-order chi connectivity index (χ1) is 12.5. The normalized spacial score (nSPS) is 10.8. The summed E-state index contributed by atoms with van der Waals surface area (Å²) in [6.07, 6.45) is 0.0678. The number of ether oxygens (including phenoxy) is 1. The predicted octanol–water partition coefficient (Wildman–Crippen LogP) is 1.82. The van der Waals surface area contributed by atoms with Crippen molar-refractivity contribution in [2.45, 2.75) is 17.9 Å². The predicted molar refractivity (Wildman–Crippen MR) is 96.0 cm³/mol. The van der Waals surface area contributed by atoms with E-state index in [0.29, 0.717) is 5.75 Å². The van der Waals surface area contributed by atoms with Gasteiger partial charge in [0.25, 0.3) is 5.91 Å². The van der Waals surface area contributed by atoms with Gasteiger partial charge in [-0.15, -0.1) is 0 Å². The molecule has 0 fully saturated rings. The Bertz CT molecular complexity index is 920. The van der Waals surface area contributed by atoms with Crippen LogP contribution in [0.5, 0.6) is 5.75 Å². The second-order valence-corrected chi connectivity index (χ2v) is 7.10. The largest absolute Gasteiger partial charge is 0.496 e. The van der Waals surface area contributed by atoms with Gasteiger partial charge in [0, 0.05) is 30.6 Å². The molecule has 0 aliphatic carbocycles. The first kappa shape index (κ1) is 19.4. The van der Waals surface area contributed by atoms with Crippen molar-refractivity contribution in [2.24, 2.45) is 0 Å². The summed E-state index contributed by atoms with van der Waals surface area (Å²) in [5.74, 6) is 0.260. The Morgan fingerprint density at radius 2 is 1.96 bits per heavy atom. The topological polar surface area (TPSA) is 108 Å². The maximum absolute atomic E-state index is 12.3. The summed E-state index contributed by atoms with van der Waals surface area (Å²) in [6, 6.07) is 14.9. The molecular weight excluding hydrogens is 354 g/mol. The molecule has 1 amide bonds. The molecule has 0 spiro atoms. The van der Waals surface area contributed by atoms with Crippen LogP contribution in [0.25, 0.3) is 0 Å². The van der Waals surface area contributed by atoms with Crippen molar-refractivity contribution < 1.29 is 17.9 Å². The summed E-state index contributed by atoms with van der Waals surface area (Å²) in [4.78, 5) is 12.3. The van der Waals surface area contributed by atoms with Crippen molar-refractivity contribution in [3.05, 3.63) is 59.7 Å². The summed E-state index contributed by atoms with van der Waals surface area (Å²) >= 11 is 0. The lowest BCUT2D eigenvalue weighted by molar-refractivity contribution is 0.0950. The van der Waals surface area contributed by atoms with Crippen LogP contribution >= 0.6 is 0 Å². The Morgan fingerprint density at radius 3 is 2.69 bits per heavy atom. The summed E-state index contributed by atoms with van der Waals surface area (Å²) < 4.78 is 31.9. The molecule has 0 aliphatic heterocycles. The smallest absolute Gasteiger partial charge is 0.251 e. The van der Waals surface area contributed by atoms with Gasteiger partial charge in [-0.1, -0.05) is 24.3 Å². The van der Waals surface area contributed by atoms with Gasteiger partial charge < -0.3 is 10.1 Å². The second-order valence-electron chi connectivity index (χ2n) is 5.33. The molecule has 0 aliphatic rings. The number of nitrogens with one attached hydrogen (secondary N) is 2. The van der Waals surface area contributed by atoms with Crippen LogP contribution in [0.1, 0.15) is 22.3 Å². The van der Waals surface area contributed by atoms with E-state index in [-0.39, 0.29) is 30.0 Å². The number of para-hydroxylation sites is 1. The van der Waals surface area contributed by atoms with E-state index in [0.717, 1.165) is 5.56 Å². The van der Waals surface area contributed by atoms with E-state index in [1.165, 1.54) is 24.3 Å². The fourth-order valence-electron chi connectivity index (χ4n) is 2.26. The monoisotopic (exact) mass is 373 g/mol. The molecule has 136 valence electrons. The van der Waals surface area contributed by atoms with Gasteiger partial charge in [0.15, 0.2) is 0 Å². The SMILES string of the molecule is COc1ccccc1CNC(=O)c1cccc(S(=O)(=O)NCCC#N)c1. The highest BCUT2D eigenvalue weighted by atomic mass is 32.2. The van der Waals surface area contributed by atoms with E-state index in [4.69, 9.17) is 10.00 Å². The number of hydrogen-bond donors (Lipinski definition) is 2. The van der Waals surface area contributed by atoms with Gasteiger partial charge in [0.1, 0.15) is 5.75 Å². The molecule has 0 saturated heterocycles. The minimum atomic E-state index is -3.77. The number of amides is 1. The van der Waals surface area contributed by atoms with Gasteiger partial charge in [-0.3, -0.25) is 4.79 Å². The first-order valence-corrected chi connectivity index (χ1v) is 9.33. The van der Waals surface area contributed by atoms with Gasteiger partial charge in [-0.2, -0.15) is 5.26 Å². The third kappa shape index (κ3) is 5.05. The molecular formula is C18H19N3O4S. The average Bonchev–Trinajstić information content (AvgIpc) is 2.66. The van der Waals surface area contributed by atoms with Crippen molar-refractivity contribution in [1.29, 1.82) is 5.26 Å². The number of sulfonamides is 1. The van der Waals surface area contributed by atoms with E-state index in [9.17, 15) is 13.2 Å². The lowest BCUT2D eigenvalue weighted by atomic mass is 10.2. The molecule has 0 bridgehead atoms. The summed E-state index contributed by atoms with van der Waals surface area (Å²) in [5.41, 5.74) is 1.04. The molecule has 0 atom stereocenters. The summed E-state index contributed by atoms with van der Waals surface area (Å²) in [6.45, 7) is 0.267. The van der Waals surface area contributed by atoms with Gasteiger partial charge in [-0.05, 0) is 24.3 Å². The number of nitrogens with zero attached hydrogens (tertiary/aromatic N) is 1. The Kier molecular flexibility index (Phi) is 6.72. The van der Waals surface area contributed by atoms with Gasteiger partial charge in [-0.25, -0.2) is 13.1 Å². The fraction of sp³-hybridized carbons (Fsp3) is 0.222. The molecule has 2 N–H and O–H groups in total. The molecule has 2 aromatic carbocycles. The lowest BCUT2D eigenvalue weighted by Crippen LogP contribution is -2.26. The molecule has 0 saturated carbocycles. The van der Waals surface area contributed by atoms with Gasteiger partial charge in [0.2, 0.25) is 10.0 Å². The van der Waals surface area contributed by atoms with Gasteiger partial charge >= 0.3 is 0 Å². The van der Waals surface area contributed by atoms with E-state index in [2.05, 4.69) is 10.0 Å². The highest BCUT2D eigenvalue weighted by Crippen LogP contribution is 2.17. The van der Waals surface area contributed by atoms with Crippen LogP contribution in [0.3, 0.4) is 0 Å². The van der Waals surface area contributed by atoms with Crippen molar-refractivity contribution in [3.63, 3.8) is 0 Å². The van der Waals surface area contributed by atoms with Crippen LogP contribution in [0, 0.1) is 11.3 Å². The van der Waals surface area contributed by atoms with Crippen LogP contribution in [-0.2, 0) is 16.6 Å². The molecule has 0 aromatic heterocycles. The van der Waals surface area contributed by atoms with Gasteiger partial charge in [0.05, 0.1) is 18.1 Å². The molecule has 2 rings (SSSR count). The molecule has 7 nitrogen and oxygen atoms in total. The zero-order chi connectivity index (χ0) is 19.0. The fourth-order valence-corrected chi connectivity index (χ4v) is 3.33. The molecule has 0 radical (unpaired) electrons. The van der Waals surface area contributed by atoms with E-state index in [1.54, 1.807) is 13.2 Å². The lowest BCUT2D eigenvalue weighted by Gasteiger charge is -2.10. The maximum Gasteiger partial charge on any atom is 0.251 e. The molecule has 8 heteroatoms. The van der Waals surface area contributed by atoms with Crippen molar-refractivity contribution >= 4 is 15.9 Å². The maximum atomic E-state index is 12.3. The highest BCUT2D eigenvalue weighted by molar-refractivity contribution is 7.89. The number of carbonyl (C=O) groups is 1. The average molecular weight is 373 g/mol. The Balaban J connectivity index is 2.09. The molecule has 26 heavy (non-hydrogen) atoms. The number of nitriles is 1. The molecule has 2 aromatic rings. The first-order valence-electron chi connectivity index (χ1n) is 7.84. The quantitative estimate of drug-likeness (QED) is 0.686. The Morgan fingerprint density at radius 1 is 1.19 bits per heavy atom. The number of methoxy groups -OCH3 is 1. The highest BCUT2D eigenvalue weighted by Gasteiger charge is 2.16. The summed E-state index contributed by atoms with van der Waals surface area (Å²) in [7, 11) is -2.22. The van der Waals surface area contributed by atoms with Crippen LogP contribution in [0.2, 0.25) is 0 Å². The van der Waals surface area contributed by atoms with Crippen molar-refractivity contribution in [1.82, 2.24) is 10.0 Å². The number of carbonyl (C=O) groups excluding carboxylic acids is 1. The third-order valence-corrected chi connectivity index (χ3v) is 5.03. The minimum absolute atomic E-state index is 0.0169. The number of benzene rings is 2.